The van der Waals surface area contributed by atoms with Gasteiger partial charge in [0, 0.05) is 30.4 Å². The van der Waals surface area contributed by atoms with Crippen LogP contribution in [-0.2, 0) is 6.42 Å². The monoisotopic (exact) mass is 274 g/mol. The summed E-state index contributed by atoms with van der Waals surface area (Å²) in [7, 11) is 0. The normalized spacial score (nSPS) is 12.8. The van der Waals surface area contributed by atoms with E-state index >= 15 is 0 Å². The standard InChI is InChI=1S/C15H22N4O/c1-4-7-17-13(11(2)3)10-14-18-15(19-20-14)12-5-8-16-9-6-12/h5-6,8-9,11,13,17H,4,7,10H2,1-3H3. The van der Waals surface area contributed by atoms with Crippen molar-refractivity contribution < 1.29 is 4.52 Å². The zero-order valence-corrected chi connectivity index (χ0v) is 12.3. The molecule has 0 saturated heterocycles. The zero-order chi connectivity index (χ0) is 14.4. The van der Waals surface area contributed by atoms with Crippen LogP contribution in [0.25, 0.3) is 11.4 Å². The molecule has 0 bridgehead atoms. The Labute approximate surface area is 119 Å². The summed E-state index contributed by atoms with van der Waals surface area (Å²) in [5.41, 5.74) is 0.928. The first-order valence-electron chi connectivity index (χ1n) is 7.17. The third-order valence-electron chi connectivity index (χ3n) is 3.26. The summed E-state index contributed by atoms with van der Waals surface area (Å²) >= 11 is 0. The minimum atomic E-state index is 0.362. The van der Waals surface area contributed by atoms with E-state index in [1.54, 1.807) is 12.4 Å². The molecule has 0 amide bonds. The number of nitrogens with zero attached hydrogens (tertiary/aromatic N) is 3. The lowest BCUT2D eigenvalue weighted by atomic mass is 10.0. The lowest BCUT2D eigenvalue weighted by molar-refractivity contribution is 0.326. The van der Waals surface area contributed by atoms with Crippen LogP contribution in [0.1, 0.15) is 33.1 Å². The number of rotatable bonds is 7. The molecular weight excluding hydrogens is 252 g/mol. The van der Waals surface area contributed by atoms with E-state index in [4.69, 9.17) is 4.52 Å². The van der Waals surface area contributed by atoms with Crippen molar-refractivity contribution >= 4 is 0 Å². The molecule has 0 aliphatic rings. The second-order valence-corrected chi connectivity index (χ2v) is 5.26. The van der Waals surface area contributed by atoms with Gasteiger partial charge >= 0.3 is 0 Å². The number of pyridine rings is 1. The fourth-order valence-corrected chi connectivity index (χ4v) is 2.02. The van der Waals surface area contributed by atoms with Gasteiger partial charge in [0.2, 0.25) is 11.7 Å². The Kier molecular flexibility index (Phi) is 5.24. The molecule has 0 aliphatic carbocycles. The summed E-state index contributed by atoms with van der Waals surface area (Å²) in [5, 5.41) is 7.57. The predicted molar refractivity (Wildman–Crippen MR) is 78.2 cm³/mol. The maximum absolute atomic E-state index is 5.36. The second-order valence-electron chi connectivity index (χ2n) is 5.26. The van der Waals surface area contributed by atoms with Crippen molar-refractivity contribution in [2.45, 2.75) is 39.7 Å². The second kappa shape index (κ2) is 7.14. The highest BCUT2D eigenvalue weighted by Crippen LogP contribution is 2.16. The molecule has 0 aliphatic heterocycles. The van der Waals surface area contributed by atoms with Crippen LogP contribution in [0.2, 0.25) is 0 Å². The molecule has 2 heterocycles. The summed E-state index contributed by atoms with van der Waals surface area (Å²) in [6, 6.07) is 4.12. The largest absolute Gasteiger partial charge is 0.339 e. The molecule has 0 fully saturated rings. The zero-order valence-electron chi connectivity index (χ0n) is 12.3. The molecule has 1 atom stereocenters. The summed E-state index contributed by atoms with van der Waals surface area (Å²) < 4.78 is 5.36. The Morgan fingerprint density at radius 2 is 2.00 bits per heavy atom. The van der Waals surface area contributed by atoms with E-state index < -0.39 is 0 Å². The Bertz CT molecular complexity index is 510. The van der Waals surface area contributed by atoms with Gasteiger partial charge in [-0.2, -0.15) is 4.98 Å². The van der Waals surface area contributed by atoms with Gasteiger partial charge in [0.25, 0.3) is 0 Å². The van der Waals surface area contributed by atoms with Crippen LogP contribution < -0.4 is 5.32 Å². The molecule has 0 saturated carbocycles. The lowest BCUT2D eigenvalue weighted by Gasteiger charge is -2.20. The van der Waals surface area contributed by atoms with Crippen molar-refractivity contribution in [1.29, 1.82) is 0 Å². The van der Waals surface area contributed by atoms with Crippen molar-refractivity contribution in [3.63, 3.8) is 0 Å². The van der Waals surface area contributed by atoms with Crippen LogP contribution in [0, 0.1) is 5.92 Å². The van der Waals surface area contributed by atoms with Gasteiger partial charge in [-0.25, -0.2) is 0 Å². The van der Waals surface area contributed by atoms with Gasteiger partial charge in [-0.3, -0.25) is 4.98 Å². The quantitative estimate of drug-likeness (QED) is 0.841. The third kappa shape index (κ3) is 3.87. The lowest BCUT2D eigenvalue weighted by Crippen LogP contribution is -2.36. The maximum atomic E-state index is 5.36. The van der Waals surface area contributed by atoms with Gasteiger partial charge in [-0.1, -0.05) is 25.9 Å². The van der Waals surface area contributed by atoms with Crippen molar-refractivity contribution in [1.82, 2.24) is 20.4 Å². The van der Waals surface area contributed by atoms with E-state index in [-0.39, 0.29) is 0 Å². The third-order valence-corrected chi connectivity index (χ3v) is 3.26. The fourth-order valence-electron chi connectivity index (χ4n) is 2.02. The molecule has 0 aromatic carbocycles. The summed E-state index contributed by atoms with van der Waals surface area (Å²) in [6.45, 7) is 7.58. The summed E-state index contributed by atoms with van der Waals surface area (Å²) in [6.07, 6.45) is 5.33. The minimum Gasteiger partial charge on any atom is -0.339 e. The first-order chi connectivity index (χ1) is 9.70. The highest BCUT2D eigenvalue weighted by molar-refractivity contribution is 5.52. The molecular formula is C15H22N4O. The van der Waals surface area contributed by atoms with Gasteiger partial charge in [-0.05, 0) is 31.0 Å². The van der Waals surface area contributed by atoms with Gasteiger partial charge < -0.3 is 9.84 Å². The van der Waals surface area contributed by atoms with Crippen molar-refractivity contribution in [3.05, 3.63) is 30.4 Å². The predicted octanol–water partition coefficient (Wildman–Crippen LogP) is 2.70. The highest BCUT2D eigenvalue weighted by Gasteiger charge is 2.17. The molecule has 108 valence electrons. The Hall–Kier alpha value is -1.75. The molecule has 2 aromatic rings. The van der Waals surface area contributed by atoms with Crippen LogP contribution in [0.5, 0.6) is 0 Å². The summed E-state index contributed by atoms with van der Waals surface area (Å²) in [5.74, 6) is 1.83. The smallest absolute Gasteiger partial charge is 0.228 e. The summed E-state index contributed by atoms with van der Waals surface area (Å²) in [4.78, 5) is 8.45. The van der Waals surface area contributed by atoms with Crippen LogP contribution in [0.4, 0.5) is 0 Å². The highest BCUT2D eigenvalue weighted by atomic mass is 16.5. The first kappa shape index (κ1) is 14.7. The molecule has 5 nitrogen and oxygen atoms in total. The average Bonchev–Trinajstić information content (AvgIpc) is 2.92. The number of aromatic nitrogens is 3. The topological polar surface area (TPSA) is 63.8 Å². The van der Waals surface area contributed by atoms with Gasteiger partial charge in [-0.15, -0.1) is 0 Å². The fraction of sp³-hybridized carbons (Fsp3) is 0.533. The van der Waals surface area contributed by atoms with Crippen LogP contribution in [-0.4, -0.2) is 27.7 Å². The molecule has 2 aromatic heterocycles. The molecule has 5 heteroatoms. The molecule has 2 rings (SSSR count). The molecule has 1 N–H and O–H groups in total. The number of hydrogen-bond acceptors (Lipinski definition) is 5. The molecule has 0 radical (unpaired) electrons. The van der Waals surface area contributed by atoms with E-state index in [0.717, 1.165) is 24.9 Å². The Morgan fingerprint density at radius 1 is 1.25 bits per heavy atom. The van der Waals surface area contributed by atoms with E-state index in [1.807, 2.05) is 12.1 Å². The molecule has 20 heavy (non-hydrogen) atoms. The van der Waals surface area contributed by atoms with Crippen LogP contribution >= 0.6 is 0 Å². The van der Waals surface area contributed by atoms with E-state index in [1.165, 1.54) is 0 Å². The van der Waals surface area contributed by atoms with E-state index in [2.05, 4.69) is 41.2 Å². The number of nitrogens with one attached hydrogen (secondary N) is 1. The minimum absolute atomic E-state index is 0.362. The van der Waals surface area contributed by atoms with Gasteiger partial charge in [0.05, 0.1) is 0 Å². The van der Waals surface area contributed by atoms with E-state index in [0.29, 0.717) is 23.7 Å². The maximum Gasteiger partial charge on any atom is 0.228 e. The number of hydrogen-bond donors (Lipinski definition) is 1. The van der Waals surface area contributed by atoms with Gasteiger partial charge in [0.15, 0.2) is 0 Å². The molecule has 1 unspecified atom stereocenters. The van der Waals surface area contributed by atoms with Crippen molar-refractivity contribution in [2.75, 3.05) is 6.54 Å². The average molecular weight is 274 g/mol. The first-order valence-corrected chi connectivity index (χ1v) is 7.17. The SMILES string of the molecule is CCCNC(Cc1nc(-c2ccncc2)no1)C(C)C. The Morgan fingerprint density at radius 3 is 2.65 bits per heavy atom. The van der Waals surface area contributed by atoms with Gasteiger partial charge in [0.1, 0.15) is 0 Å². The van der Waals surface area contributed by atoms with Crippen molar-refractivity contribution in [2.24, 2.45) is 5.92 Å². The van der Waals surface area contributed by atoms with E-state index in [9.17, 15) is 0 Å². The molecule has 0 spiro atoms. The Balaban J connectivity index is 2.04. The van der Waals surface area contributed by atoms with Crippen LogP contribution in [0.15, 0.2) is 29.0 Å². The van der Waals surface area contributed by atoms with Crippen LogP contribution in [0.3, 0.4) is 0 Å². The van der Waals surface area contributed by atoms with Crippen molar-refractivity contribution in [3.8, 4) is 11.4 Å².